The van der Waals surface area contributed by atoms with Crippen molar-refractivity contribution in [2.45, 2.75) is 51.6 Å². The molecule has 2 N–H and O–H groups in total. The number of H-pyrrole nitrogens is 1. The molecule has 0 spiro atoms. The maximum absolute atomic E-state index is 13.2. The SMILES string of the molecule is COC(=O)c1c(NC(=O)C(C)OC(=O)c2ccccc2-c2nc3ccccc3[nH]2)sc2c1CCCCCC2. The smallest absolute Gasteiger partial charge is 0.341 e. The third kappa shape index (κ3) is 5.19. The molecule has 1 aliphatic rings. The molecule has 5 rings (SSSR count). The van der Waals surface area contributed by atoms with Gasteiger partial charge in [0.05, 0.1) is 29.3 Å². The molecule has 0 bridgehead atoms. The number of aromatic nitrogens is 2. The molecule has 0 saturated heterocycles. The molecule has 8 nitrogen and oxygen atoms in total. The molecular formula is C29H29N3O5S. The van der Waals surface area contributed by atoms with Gasteiger partial charge in [-0.05, 0) is 56.4 Å². The van der Waals surface area contributed by atoms with Crippen LogP contribution in [0.25, 0.3) is 22.4 Å². The second-order valence-electron chi connectivity index (χ2n) is 9.30. The Balaban J connectivity index is 1.35. The minimum absolute atomic E-state index is 0.292. The lowest BCUT2D eigenvalue weighted by Crippen LogP contribution is -2.30. The molecule has 9 heteroatoms. The molecule has 38 heavy (non-hydrogen) atoms. The van der Waals surface area contributed by atoms with Crippen molar-refractivity contribution in [2.75, 3.05) is 12.4 Å². The van der Waals surface area contributed by atoms with E-state index in [2.05, 4.69) is 15.3 Å². The summed E-state index contributed by atoms with van der Waals surface area (Å²) in [6, 6.07) is 14.6. The van der Waals surface area contributed by atoms with Crippen LogP contribution < -0.4 is 5.32 Å². The summed E-state index contributed by atoms with van der Waals surface area (Å²) in [5.74, 6) is -1.09. The molecule has 0 fully saturated rings. The van der Waals surface area contributed by atoms with E-state index in [-0.39, 0.29) is 0 Å². The van der Waals surface area contributed by atoms with Crippen LogP contribution in [0, 0.1) is 0 Å². The Morgan fingerprint density at radius 1 is 0.974 bits per heavy atom. The lowest BCUT2D eigenvalue weighted by atomic mass is 9.96. The number of esters is 2. The molecule has 4 aromatic rings. The number of rotatable bonds is 6. The zero-order chi connectivity index (χ0) is 26.6. The van der Waals surface area contributed by atoms with Crippen LogP contribution >= 0.6 is 11.3 Å². The summed E-state index contributed by atoms with van der Waals surface area (Å²) < 4.78 is 10.6. The van der Waals surface area contributed by atoms with Gasteiger partial charge in [-0.3, -0.25) is 4.79 Å². The van der Waals surface area contributed by atoms with Crippen LogP contribution in [0.15, 0.2) is 48.5 Å². The summed E-state index contributed by atoms with van der Waals surface area (Å²) in [6.45, 7) is 1.51. The largest absolute Gasteiger partial charge is 0.465 e. The number of imidazole rings is 1. The molecule has 0 saturated carbocycles. The summed E-state index contributed by atoms with van der Waals surface area (Å²) in [6.07, 6.45) is 4.83. The van der Waals surface area contributed by atoms with Gasteiger partial charge in [-0.1, -0.05) is 43.2 Å². The van der Waals surface area contributed by atoms with E-state index in [1.165, 1.54) is 25.4 Å². The van der Waals surface area contributed by atoms with Gasteiger partial charge in [-0.15, -0.1) is 11.3 Å². The van der Waals surface area contributed by atoms with Crippen molar-refractivity contribution in [1.82, 2.24) is 9.97 Å². The van der Waals surface area contributed by atoms with E-state index in [9.17, 15) is 14.4 Å². The second kappa shape index (κ2) is 11.2. The topological polar surface area (TPSA) is 110 Å². The quantitative estimate of drug-likeness (QED) is 0.299. The number of hydrogen-bond donors (Lipinski definition) is 2. The Hall–Kier alpha value is -3.98. The fourth-order valence-electron chi connectivity index (χ4n) is 4.76. The summed E-state index contributed by atoms with van der Waals surface area (Å²) in [5.41, 5.74) is 3.88. The minimum Gasteiger partial charge on any atom is -0.465 e. The van der Waals surface area contributed by atoms with E-state index in [1.807, 2.05) is 30.3 Å². The third-order valence-corrected chi connectivity index (χ3v) is 7.95. The van der Waals surface area contributed by atoms with Crippen molar-refractivity contribution in [3.05, 3.63) is 70.1 Å². The van der Waals surface area contributed by atoms with E-state index in [0.717, 1.165) is 60.0 Å². The van der Waals surface area contributed by atoms with Gasteiger partial charge in [0.15, 0.2) is 6.10 Å². The number of aryl methyl sites for hydroxylation is 1. The minimum atomic E-state index is -1.10. The number of carbonyl (C=O) groups is 3. The highest BCUT2D eigenvalue weighted by molar-refractivity contribution is 7.17. The van der Waals surface area contributed by atoms with Crippen molar-refractivity contribution in [2.24, 2.45) is 0 Å². The number of carbonyl (C=O) groups excluding carboxylic acids is 3. The van der Waals surface area contributed by atoms with E-state index in [1.54, 1.807) is 18.2 Å². The van der Waals surface area contributed by atoms with Gasteiger partial charge < -0.3 is 19.8 Å². The number of amides is 1. The van der Waals surface area contributed by atoms with Crippen LogP contribution in [0.2, 0.25) is 0 Å². The summed E-state index contributed by atoms with van der Waals surface area (Å²) >= 11 is 1.41. The number of nitrogens with one attached hydrogen (secondary N) is 2. The highest BCUT2D eigenvalue weighted by atomic mass is 32.1. The van der Waals surface area contributed by atoms with E-state index in [4.69, 9.17) is 9.47 Å². The van der Waals surface area contributed by atoms with Gasteiger partial charge in [0, 0.05) is 10.4 Å². The highest BCUT2D eigenvalue weighted by Gasteiger charge is 2.28. The van der Waals surface area contributed by atoms with Gasteiger partial charge in [-0.25, -0.2) is 14.6 Å². The van der Waals surface area contributed by atoms with Gasteiger partial charge in [0.1, 0.15) is 10.8 Å². The molecule has 196 valence electrons. The van der Waals surface area contributed by atoms with Crippen LogP contribution in [-0.2, 0) is 27.1 Å². The van der Waals surface area contributed by atoms with Gasteiger partial charge in [0.2, 0.25) is 0 Å². The van der Waals surface area contributed by atoms with E-state index < -0.39 is 23.9 Å². The third-order valence-electron chi connectivity index (χ3n) is 6.74. The van der Waals surface area contributed by atoms with Gasteiger partial charge in [0.25, 0.3) is 5.91 Å². The maximum Gasteiger partial charge on any atom is 0.341 e. The normalized spacial score (nSPS) is 14.2. The maximum atomic E-state index is 13.2. The molecule has 1 amide bonds. The van der Waals surface area contributed by atoms with Crippen molar-refractivity contribution in [3.63, 3.8) is 0 Å². The van der Waals surface area contributed by atoms with Crippen LogP contribution in [0.1, 0.15) is 63.8 Å². The summed E-state index contributed by atoms with van der Waals surface area (Å²) in [7, 11) is 1.34. The van der Waals surface area contributed by atoms with Crippen LogP contribution in [0.3, 0.4) is 0 Å². The first-order valence-corrected chi connectivity index (χ1v) is 13.6. The Morgan fingerprint density at radius 3 is 2.50 bits per heavy atom. The lowest BCUT2D eigenvalue weighted by Gasteiger charge is -2.15. The zero-order valence-electron chi connectivity index (χ0n) is 21.3. The number of methoxy groups -OCH3 is 1. The summed E-state index contributed by atoms with van der Waals surface area (Å²) in [5, 5.41) is 3.27. The Kier molecular flexibility index (Phi) is 7.55. The molecule has 1 atom stereocenters. The number of para-hydroxylation sites is 2. The van der Waals surface area contributed by atoms with Crippen molar-refractivity contribution >= 4 is 45.2 Å². The molecule has 1 unspecified atom stereocenters. The fourth-order valence-corrected chi connectivity index (χ4v) is 6.04. The standard InChI is InChI=1S/C29H29N3O5S/c1-17(26(33)32-27-24(29(35)36-2)20-13-5-3-4-6-16-23(20)38-27)37-28(34)19-12-8-7-11-18(19)25-30-21-14-9-10-15-22(21)31-25/h7-12,14-15,17H,3-6,13,16H2,1-2H3,(H,30,31)(H,32,33). The predicted molar refractivity (Wildman–Crippen MR) is 147 cm³/mol. The molecule has 1 aliphatic carbocycles. The Bertz CT molecular complexity index is 1470. The number of anilines is 1. The van der Waals surface area contributed by atoms with E-state index >= 15 is 0 Å². The number of fused-ring (bicyclic) bond motifs is 2. The van der Waals surface area contributed by atoms with E-state index in [0.29, 0.717) is 27.5 Å². The molecule has 2 aromatic carbocycles. The van der Waals surface area contributed by atoms with Gasteiger partial charge >= 0.3 is 11.9 Å². The number of aromatic amines is 1. The number of thiophene rings is 1. The fraction of sp³-hybridized carbons (Fsp3) is 0.310. The first-order valence-electron chi connectivity index (χ1n) is 12.7. The zero-order valence-corrected chi connectivity index (χ0v) is 22.2. The summed E-state index contributed by atoms with van der Waals surface area (Å²) in [4.78, 5) is 47.9. The predicted octanol–water partition coefficient (Wildman–Crippen LogP) is 5.92. The first kappa shape index (κ1) is 25.7. The molecule has 0 radical (unpaired) electrons. The molecule has 0 aliphatic heterocycles. The lowest BCUT2D eigenvalue weighted by molar-refractivity contribution is -0.123. The van der Waals surface area contributed by atoms with Crippen LogP contribution in [0.5, 0.6) is 0 Å². The first-order chi connectivity index (χ1) is 18.5. The van der Waals surface area contributed by atoms with Crippen molar-refractivity contribution < 1.29 is 23.9 Å². The van der Waals surface area contributed by atoms with Crippen molar-refractivity contribution in [1.29, 1.82) is 0 Å². The van der Waals surface area contributed by atoms with Crippen molar-refractivity contribution in [3.8, 4) is 11.4 Å². The number of ether oxygens (including phenoxy) is 2. The molecule has 2 heterocycles. The average Bonchev–Trinajstić information content (AvgIpc) is 3.49. The Morgan fingerprint density at radius 2 is 1.71 bits per heavy atom. The Labute approximate surface area is 224 Å². The van der Waals surface area contributed by atoms with Crippen LogP contribution in [-0.4, -0.2) is 41.0 Å². The monoisotopic (exact) mass is 531 g/mol. The number of benzene rings is 2. The number of hydrogen-bond acceptors (Lipinski definition) is 7. The highest BCUT2D eigenvalue weighted by Crippen LogP contribution is 2.37. The van der Waals surface area contributed by atoms with Gasteiger partial charge in [-0.2, -0.15) is 0 Å². The average molecular weight is 532 g/mol. The molecular weight excluding hydrogens is 502 g/mol. The molecule has 2 aromatic heterocycles. The number of nitrogens with zero attached hydrogens (tertiary/aromatic N) is 1. The second-order valence-corrected chi connectivity index (χ2v) is 10.4. The van der Waals surface area contributed by atoms with Crippen LogP contribution in [0.4, 0.5) is 5.00 Å².